The fourth-order valence-electron chi connectivity index (χ4n) is 1.53. The van der Waals surface area contributed by atoms with Gasteiger partial charge < -0.3 is 15.8 Å². The zero-order valence-electron chi connectivity index (χ0n) is 11.4. The molecule has 1 aromatic rings. The molecular formula is C14H21ClN2O2. The molecule has 4 nitrogen and oxygen atoms in total. The third kappa shape index (κ3) is 5.49. The van der Waals surface area contributed by atoms with Gasteiger partial charge >= 0.3 is 0 Å². The molecule has 19 heavy (non-hydrogen) atoms. The van der Waals surface area contributed by atoms with E-state index in [1.807, 2.05) is 26.0 Å². The Labute approximate surface area is 119 Å². The molecule has 0 aliphatic rings. The molecule has 0 aliphatic carbocycles. The zero-order valence-corrected chi connectivity index (χ0v) is 12.1. The van der Waals surface area contributed by atoms with Crippen molar-refractivity contribution in [3.8, 4) is 5.75 Å². The lowest BCUT2D eigenvalue weighted by Crippen LogP contribution is -2.45. The summed E-state index contributed by atoms with van der Waals surface area (Å²) in [4.78, 5) is 11.7. The van der Waals surface area contributed by atoms with Crippen LogP contribution in [-0.4, -0.2) is 25.1 Å². The van der Waals surface area contributed by atoms with Gasteiger partial charge in [-0.2, -0.15) is 0 Å². The van der Waals surface area contributed by atoms with Crippen LogP contribution < -0.4 is 15.8 Å². The van der Waals surface area contributed by atoms with Crippen LogP contribution in [-0.2, 0) is 4.79 Å². The van der Waals surface area contributed by atoms with E-state index >= 15 is 0 Å². The summed E-state index contributed by atoms with van der Waals surface area (Å²) in [6.45, 7) is 4.79. The number of carbonyl (C=O) groups excluding carboxylic acids is 1. The van der Waals surface area contributed by atoms with E-state index in [1.54, 1.807) is 12.1 Å². The highest BCUT2D eigenvalue weighted by Gasteiger charge is 2.18. The Balaban J connectivity index is 2.26. The summed E-state index contributed by atoms with van der Waals surface area (Å²) < 4.78 is 5.46. The van der Waals surface area contributed by atoms with E-state index in [4.69, 9.17) is 22.1 Å². The Morgan fingerprint density at radius 1 is 1.53 bits per heavy atom. The Morgan fingerprint density at radius 3 is 2.89 bits per heavy atom. The van der Waals surface area contributed by atoms with Crippen molar-refractivity contribution >= 4 is 17.5 Å². The summed E-state index contributed by atoms with van der Waals surface area (Å²) in [5.41, 5.74) is 5.81. The molecular weight excluding hydrogens is 264 g/mol. The number of ether oxygens (including phenoxy) is 1. The monoisotopic (exact) mass is 284 g/mol. The van der Waals surface area contributed by atoms with Crippen LogP contribution in [0.5, 0.6) is 5.75 Å². The van der Waals surface area contributed by atoms with Gasteiger partial charge in [-0.15, -0.1) is 0 Å². The molecule has 0 aromatic heterocycles. The first kappa shape index (κ1) is 15.8. The van der Waals surface area contributed by atoms with Gasteiger partial charge in [-0.25, -0.2) is 0 Å². The third-order valence-electron chi connectivity index (χ3n) is 3.03. The van der Waals surface area contributed by atoms with Crippen LogP contribution >= 0.6 is 11.6 Å². The molecule has 0 bridgehead atoms. The Kier molecular flexibility index (Phi) is 6.67. The van der Waals surface area contributed by atoms with Gasteiger partial charge in [0.05, 0.1) is 12.6 Å². The van der Waals surface area contributed by atoms with Gasteiger partial charge in [-0.05, 0) is 24.1 Å². The molecule has 0 aliphatic heterocycles. The minimum absolute atomic E-state index is 0.135. The van der Waals surface area contributed by atoms with Crippen molar-refractivity contribution < 1.29 is 9.53 Å². The molecule has 0 saturated heterocycles. The fraction of sp³-hybridized carbons (Fsp3) is 0.500. The van der Waals surface area contributed by atoms with Gasteiger partial charge in [-0.3, -0.25) is 4.79 Å². The van der Waals surface area contributed by atoms with Crippen LogP contribution in [0.4, 0.5) is 0 Å². The summed E-state index contributed by atoms with van der Waals surface area (Å²) in [6, 6.07) is 6.68. The predicted octanol–water partition coefficient (Wildman–Crippen LogP) is 2.21. The molecule has 0 radical (unpaired) electrons. The van der Waals surface area contributed by atoms with Crippen LogP contribution in [0.2, 0.25) is 5.02 Å². The molecule has 1 amide bonds. The number of hydrogen-bond acceptors (Lipinski definition) is 3. The number of rotatable bonds is 7. The quantitative estimate of drug-likeness (QED) is 0.755. The normalized spacial score (nSPS) is 13.7. The molecule has 2 unspecified atom stereocenters. The van der Waals surface area contributed by atoms with Gasteiger partial charge in [0.15, 0.2) is 0 Å². The third-order valence-corrected chi connectivity index (χ3v) is 3.26. The van der Waals surface area contributed by atoms with E-state index in [0.29, 0.717) is 23.9 Å². The molecule has 3 N–H and O–H groups in total. The van der Waals surface area contributed by atoms with Gasteiger partial charge in [-0.1, -0.05) is 37.9 Å². The molecule has 1 aromatic carbocycles. The Morgan fingerprint density at radius 2 is 2.26 bits per heavy atom. The highest BCUT2D eigenvalue weighted by Crippen LogP contribution is 2.16. The number of carbonyl (C=O) groups is 1. The topological polar surface area (TPSA) is 64.4 Å². The van der Waals surface area contributed by atoms with Gasteiger partial charge in [0.25, 0.3) is 0 Å². The van der Waals surface area contributed by atoms with Crippen molar-refractivity contribution in [3.05, 3.63) is 29.3 Å². The molecule has 1 rings (SSSR count). The van der Waals surface area contributed by atoms with E-state index < -0.39 is 6.04 Å². The first-order valence-electron chi connectivity index (χ1n) is 6.46. The van der Waals surface area contributed by atoms with E-state index in [9.17, 15) is 4.79 Å². The molecule has 0 fully saturated rings. The summed E-state index contributed by atoms with van der Waals surface area (Å²) in [5, 5.41) is 3.39. The van der Waals surface area contributed by atoms with Crippen LogP contribution in [0.25, 0.3) is 0 Å². The lowest BCUT2D eigenvalue weighted by atomic mass is 9.99. The van der Waals surface area contributed by atoms with Crippen molar-refractivity contribution in [1.29, 1.82) is 0 Å². The molecule has 0 saturated carbocycles. The van der Waals surface area contributed by atoms with Crippen LogP contribution in [0.1, 0.15) is 20.3 Å². The first-order valence-corrected chi connectivity index (χ1v) is 6.84. The lowest BCUT2D eigenvalue weighted by molar-refractivity contribution is -0.123. The molecule has 0 heterocycles. The number of halogens is 1. The molecule has 106 valence electrons. The van der Waals surface area contributed by atoms with Gasteiger partial charge in [0.2, 0.25) is 5.91 Å². The maximum Gasteiger partial charge on any atom is 0.237 e. The number of nitrogens with two attached hydrogens (primary N) is 1. The number of hydrogen-bond donors (Lipinski definition) is 2. The SMILES string of the molecule is CCC(C)C(N)C(=O)NCCOc1cccc(Cl)c1. The first-order chi connectivity index (χ1) is 9.04. The summed E-state index contributed by atoms with van der Waals surface area (Å²) >= 11 is 5.83. The standard InChI is InChI=1S/C14H21ClN2O2/c1-3-10(2)13(16)14(18)17-7-8-19-12-6-4-5-11(15)9-12/h4-6,9-10,13H,3,7-8,16H2,1-2H3,(H,17,18). The largest absolute Gasteiger partial charge is 0.492 e. The van der Waals surface area contributed by atoms with E-state index in [2.05, 4.69) is 5.32 Å². The van der Waals surface area contributed by atoms with Crippen LogP contribution in [0.15, 0.2) is 24.3 Å². The summed E-state index contributed by atoms with van der Waals surface area (Å²) in [7, 11) is 0. The Bertz CT molecular complexity index is 412. The summed E-state index contributed by atoms with van der Waals surface area (Å²) in [5.74, 6) is 0.728. The van der Waals surface area contributed by atoms with Crippen molar-refractivity contribution in [2.75, 3.05) is 13.2 Å². The van der Waals surface area contributed by atoms with Crippen molar-refractivity contribution in [3.63, 3.8) is 0 Å². The molecule has 0 spiro atoms. The average molecular weight is 285 g/mol. The highest BCUT2D eigenvalue weighted by molar-refractivity contribution is 6.30. The lowest BCUT2D eigenvalue weighted by Gasteiger charge is -2.17. The van der Waals surface area contributed by atoms with Gasteiger partial charge in [0.1, 0.15) is 12.4 Å². The van der Waals surface area contributed by atoms with E-state index in [0.717, 1.165) is 6.42 Å². The molecule has 2 atom stereocenters. The van der Waals surface area contributed by atoms with Crippen molar-refractivity contribution in [2.45, 2.75) is 26.3 Å². The minimum Gasteiger partial charge on any atom is -0.492 e. The zero-order chi connectivity index (χ0) is 14.3. The maximum atomic E-state index is 11.7. The second-order valence-electron chi connectivity index (χ2n) is 4.51. The summed E-state index contributed by atoms with van der Waals surface area (Å²) in [6.07, 6.45) is 0.883. The van der Waals surface area contributed by atoms with E-state index in [-0.39, 0.29) is 11.8 Å². The second kappa shape index (κ2) is 8.02. The minimum atomic E-state index is -0.462. The average Bonchev–Trinajstić information content (AvgIpc) is 2.41. The van der Waals surface area contributed by atoms with Crippen molar-refractivity contribution in [2.24, 2.45) is 11.7 Å². The highest BCUT2D eigenvalue weighted by atomic mass is 35.5. The van der Waals surface area contributed by atoms with Crippen molar-refractivity contribution in [1.82, 2.24) is 5.32 Å². The maximum absolute atomic E-state index is 11.7. The van der Waals surface area contributed by atoms with E-state index in [1.165, 1.54) is 0 Å². The number of benzene rings is 1. The van der Waals surface area contributed by atoms with Crippen LogP contribution in [0.3, 0.4) is 0 Å². The van der Waals surface area contributed by atoms with Crippen LogP contribution in [0, 0.1) is 5.92 Å². The second-order valence-corrected chi connectivity index (χ2v) is 4.94. The smallest absolute Gasteiger partial charge is 0.237 e. The van der Waals surface area contributed by atoms with Gasteiger partial charge in [0, 0.05) is 5.02 Å². The molecule has 5 heteroatoms. The Hall–Kier alpha value is -1.26. The number of amides is 1. The fourth-order valence-corrected chi connectivity index (χ4v) is 1.71. The predicted molar refractivity (Wildman–Crippen MR) is 77.4 cm³/mol. The number of nitrogens with one attached hydrogen (secondary N) is 1.